The van der Waals surface area contributed by atoms with E-state index in [2.05, 4.69) is 0 Å². The van der Waals surface area contributed by atoms with E-state index in [-0.39, 0.29) is 11.3 Å². The van der Waals surface area contributed by atoms with Gasteiger partial charge in [-0.25, -0.2) is 4.79 Å². The van der Waals surface area contributed by atoms with Gasteiger partial charge < -0.3 is 15.7 Å². The first-order chi connectivity index (χ1) is 7.52. The predicted molar refractivity (Wildman–Crippen MR) is 60.9 cm³/mol. The number of carbonyl (C=O) groups is 2. The lowest BCUT2D eigenvalue weighted by molar-refractivity contribution is -0.151. The Hall–Kier alpha value is -0.750. The maximum atomic E-state index is 12.3. The Labute approximate surface area is 98.4 Å². The predicted octanol–water partition coefficient (Wildman–Crippen LogP) is 0.0999. The minimum absolute atomic E-state index is 0.0578. The van der Waals surface area contributed by atoms with Gasteiger partial charge in [0, 0.05) is 12.3 Å². The number of rotatable bonds is 3. The molecule has 2 aliphatic rings. The second-order valence-electron chi connectivity index (χ2n) is 4.48. The van der Waals surface area contributed by atoms with E-state index in [9.17, 15) is 9.59 Å². The molecule has 1 saturated heterocycles. The fourth-order valence-corrected chi connectivity index (χ4v) is 3.24. The molecule has 0 aromatic carbocycles. The van der Waals surface area contributed by atoms with E-state index in [1.54, 1.807) is 0 Å². The number of carboxylic acid groups (broad SMARTS) is 1. The smallest absolute Gasteiger partial charge is 0.327 e. The van der Waals surface area contributed by atoms with Gasteiger partial charge in [0.2, 0.25) is 5.91 Å². The molecule has 3 N–H and O–H groups in total. The molecule has 6 heteroatoms. The third-order valence-electron chi connectivity index (χ3n) is 3.44. The molecule has 0 bridgehead atoms. The Balaban J connectivity index is 2.17. The van der Waals surface area contributed by atoms with Gasteiger partial charge in [-0.2, -0.15) is 0 Å². The topological polar surface area (TPSA) is 83.6 Å². The summed E-state index contributed by atoms with van der Waals surface area (Å²) in [5, 5.41) is 9.01. The molecule has 2 rings (SSSR count). The summed E-state index contributed by atoms with van der Waals surface area (Å²) in [6.07, 6.45) is 1.59. The maximum absolute atomic E-state index is 12.3. The van der Waals surface area contributed by atoms with Crippen molar-refractivity contribution in [3.8, 4) is 0 Å². The first kappa shape index (κ1) is 11.7. The Morgan fingerprint density at radius 2 is 2.19 bits per heavy atom. The standard InChI is InChI=1S/C10H16N2O3S/c1-6-12(7(4-16-6)8(13)14)9(15)10(5-11)2-3-10/h6-7H,2-5,11H2,1H3,(H,13,14). The van der Waals surface area contributed by atoms with E-state index >= 15 is 0 Å². The van der Waals surface area contributed by atoms with Gasteiger partial charge in [-0.05, 0) is 19.8 Å². The third-order valence-corrected chi connectivity index (χ3v) is 4.66. The first-order valence-corrected chi connectivity index (χ1v) is 6.44. The molecule has 1 heterocycles. The van der Waals surface area contributed by atoms with Crippen LogP contribution in [0.1, 0.15) is 19.8 Å². The maximum Gasteiger partial charge on any atom is 0.327 e. The lowest BCUT2D eigenvalue weighted by Crippen LogP contribution is -2.49. The van der Waals surface area contributed by atoms with E-state index < -0.39 is 17.4 Å². The van der Waals surface area contributed by atoms with Crippen LogP contribution >= 0.6 is 11.8 Å². The van der Waals surface area contributed by atoms with Gasteiger partial charge in [0.15, 0.2) is 0 Å². The molecule has 2 unspecified atom stereocenters. The fourth-order valence-electron chi connectivity index (χ4n) is 2.07. The van der Waals surface area contributed by atoms with Crippen LogP contribution in [0.4, 0.5) is 0 Å². The van der Waals surface area contributed by atoms with Gasteiger partial charge in [0.25, 0.3) is 0 Å². The van der Waals surface area contributed by atoms with Crippen molar-refractivity contribution in [1.29, 1.82) is 0 Å². The Kier molecular flexibility index (Phi) is 2.88. The van der Waals surface area contributed by atoms with Gasteiger partial charge in [0.1, 0.15) is 6.04 Å². The molecule has 0 aromatic heterocycles. The fraction of sp³-hybridized carbons (Fsp3) is 0.800. The van der Waals surface area contributed by atoms with Crippen molar-refractivity contribution in [3.63, 3.8) is 0 Å². The number of hydrogen-bond acceptors (Lipinski definition) is 4. The second kappa shape index (κ2) is 3.92. The SMILES string of the molecule is CC1SCC(C(=O)O)N1C(=O)C1(CN)CC1. The van der Waals surface area contributed by atoms with Gasteiger partial charge in [0.05, 0.1) is 10.8 Å². The monoisotopic (exact) mass is 244 g/mol. The molecular formula is C10H16N2O3S. The second-order valence-corrected chi connectivity index (χ2v) is 5.83. The van der Waals surface area contributed by atoms with E-state index in [0.29, 0.717) is 12.3 Å². The van der Waals surface area contributed by atoms with Gasteiger partial charge in [-0.3, -0.25) is 4.79 Å². The van der Waals surface area contributed by atoms with Crippen LogP contribution in [-0.2, 0) is 9.59 Å². The van der Waals surface area contributed by atoms with Gasteiger partial charge in [-0.1, -0.05) is 0 Å². The first-order valence-electron chi connectivity index (χ1n) is 5.39. The summed E-state index contributed by atoms with van der Waals surface area (Å²) in [5.74, 6) is -0.513. The number of carbonyl (C=O) groups excluding carboxylic acids is 1. The van der Waals surface area contributed by atoms with Crippen molar-refractivity contribution < 1.29 is 14.7 Å². The molecule has 0 radical (unpaired) electrons. The molecule has 1 aliphatic heterocycles. The van der Waals surface area contributed by atoms with Crippen LogP contribution in [0.2, 0.25) is 0 Å². The molecule has 1 aliphatic carbocycles. The van der Waals surface area contributed by atoms with Crippen LogP contribution < -0.4 is 5.73 Å². The number of thioether (sulfide) groups is 1. The molecule has 90 valence electrons. The van der Waals surface area contributed by atoms with Crippen LogP contribution in [-0.4, -0.2) is 45.6 Å². The highest BCUT2D eigenvalue weighted by Crippen LogP contribution is 2.48. The zero-order valence-electron chi connectivity index (χ0n) is 9.18. The molecule has 0 aromatic rings. The van der Waals surface area contributed by atoms with E-state index in [4.69, 9.17) is 10.8 Å². The normalized spacial score (nSPS) is 31.5. The summed E-state index contributed by atoms with van der Waals surface area (Å²) in [6, 6.07) is -0.684. The molecule has 0 spiro atoms. The molecular weight excluding hydrogens is 228 g/mol. The Bertz CT molecular complexity index is 330. The van der Waals surface area contributed by atoms with Crippen molar-refractivity contribution in [2.75, 3.05) is 12.3 Å². The minimum Gasteiger partial charge on any atom is -0.480 e. The van der Waals surface area contributed by atoms with Crippen LogP contribution in [0.25, 0.3) is 0 Å². The summed E-state index contributed by atoms with van der Waals surface area (Å²) in [7, 11) is 0. The highest BCUT2D eigenvalue weighted by Gasteiger charge is 2.54. The number of amides is 1. The van der Waals surface area contributed by atoms with Crippen LogP contribution in [0, 0.1) is 5.41 Å². The van der Waals surface area contributed by atoms with Gasteiger partial charge in [-0.15, -0.1) is 11.8 Å². The Morgan fingerprint density at radius 3 is 2.62 bits per heavy atom. The van der Waals surface area contributed by atoms with Crippen molar-refractivity contribution in [2.45, 2.75) is 31.2 Å². The summed E-state index contributed by atoms with van der Waals surface area (Å²) in [6.45, 7) is 2.20. The largest absolute Gasteiger partial charge is 0.480 e. The number of nitrogens with two attached hydrogens (primary N) is 1. The lowest BCUT2D eigenvalue weighted by Gasteiger charge is -2.28. The zero-order valence-corrected chi connectivity index (χ0v) is 10.00. The Morgan fingerprint density at radius 1 is 1.56 bits per heavy atom. The molecule has 2 fully saturated rings. The minimum atomic E-state index is -0.918. The summed E-state index contributed by atoms with van der Waals surface area (Å²) < 4.78 is 0. The highest BCUT2D eigenvalue weighted by atomic mass is 32.2. The number of aliphatic carboxylic acids is 1. The zero-order chi connectivity index (χ0) is 11.9. The van der Waals surface area contributed by atoms with Crippen LogP contribution in [0.3, 0.4) is 0 Å². The van der Waals surface area contributed by atoms with Crippen LogP contribution in [0.15, 0.2) is 0 Å². The van der Waals surface area contributed by atoms with E-state index in [1.807, 2.05) is 6.92 Å². The molecule has 5 nitrogen and oxygen atoms in total. The number of nitrogens with zero attached hydrogens (tertiary/aromatic N) is 1. The molecule has 2 atom stereocenters. The average molecular weight is 244 g/mol. The van der Waals surface area contributed by atoms with Crippen molar-refractivity contribution in [1.82, 2.24) is 4.90 Å². The third kappa shape index (κ3) is 1.69. The van der Waals surface area contributed by atoms with E-state index in [0.717, 1.165) is 12.8 Å². The molecule has 1 amide bonds. The summed E-state index contributed by atoms with van der Waals surface area (Å²) >= 11 is 1.51. The number of carboxylic acids is 1. The summed E-state index contributed by atoms with van der Waals surface area (Å²) in [4.78, 5) is 24.8. The van der Waals surface area contributed by atoms with Crippen molar-refractivity contribution in [2.24, 2.45) is 11.1 Å². The van der Waals surface area contributed by atoms with E-state index in [1.165, 1.54) is 16.7 Å². The quantitative estimate of drug-likeness (QED) is 0.735. The van der Waals surface area contributed by atoms with Crippen LogP contribution in [0.5, 0.6) is 0 Å². The number of hydrogen-bond donors (Lipinski definition) is 2. The summed E-state index contributed by atoms with van der Waals surface area (Å²) in [5.41, 5.74) is 5.15. The molecule has 16 heavy (non-hydrogen) atoms. The average Bonchev–Trinajstić information content (AvgIpc) is 2.95. The van der Waals surface area contributed by atoms with Crippen molar-refractivity contribution in [3.05, 3.63) is 0 Å². The van der Waals surface area contributed by atoms with Crippen molar-refractivity contribution >= 4 is 23.6 Å². The highest BCUT2D eigenvalue weighted by molar-refractivity contribution is 8.00. The molecule has 1 saturated carbocycles. The lowest BCUT2D eigenvalue weighted by atomic mass is 10.0. The van der Waals surface area contributed by atoms with Gasteiger partial charge >= 0.3 is 5.97 Å².